The summed E-state index contributed by atoms with van der Waals surface area (Å²) < 4.78 is 40.3. The van der Waals surface area contributed by atoms with Crippen molar-refractivity contribution in [2.45, 2.75) is 32.2 Å². The van der Waals surface area contributed by atoms with Crippen molar-refractivity contribution in [3.8, 4) is 11.5 Å². The lowest BCUT2D eigenvalue weighted by atomic mass is 9.94. The number of halogens is 2. The fourth-order valence-electron chi connectivity index (χ4n) is 5.18. The Morgan fingerprint density at radius 2 is 2.00 bits per heavy atom. The first-order valence-electron chi connectivity index (χ1n) is 14.3. The Kier molecular flexibility index (Phi) is 9.95. The molecule has 4 aromatic rings. The SMILES string of the molecule is COc1cc2c(Nc3cnn(CC(=O)Nc4cccc(F)c4F)c3)ncnc2cc1OCCCN1CCC(CCO)CC1. The van der Waals surface area contributed by atoms with E-state index in [9.17, 15) is 13.6 Å². The van der Waals surface area contributed by atoms with Crippen molar-refractivity contribution in [1.82, 2.24) is 24.6 Å². The highest BCUT2D eigenvalue weighted by Crippen LogP contribution is 2.35. The molecule has 43 heavy (non-hydrogen) atoms. The van der Waals surface area contributed by atoms with Gasteiger partial charge in [-0.3, -0.25) is 9.48 Å². The van der Waals surface area contributed by atoms with Gasteiger partial charge in [0.2, 0.25) is 5.91 Å². The van der Waals surface area contributed by atoms with Crippen LogP contribution >= 0.6 is 0 Å². The van der Waals surface area contributed by atoms with Gasteiger partial charge >= 0.3 is 0 Å². The highest BCUT2D eigenvalue weighted by Gasteiger charge is 2.19. The third-order valence-corrected chi connectivity index (χ3v) is 7.47. The average Bonchev–Trinajstić information content (AvgIpc) is 3.44. The van der Waals surface area contributed by atoms with E-state index in [1.807, 2.05) is 12.1 Å². The number of nitrogens with zero attached hydrogens (tertiary/aromatic N) is 5. The van der Waals surface area contributed by atoms with Crippen LogP contribution in [0.25, 0.3) is 10.9 Å². The number of likely N-dealkylation sites (tertiary alicyclic amines) is 1. The molecule has 3 N–H and O–H groups in total. The van der Waals surface area contributed by atoms with Crippen LogP contribution in [-0.2, 0) is 11.3 Å². The third-order valence-electron chi connectivity index (χ3n) is 7.47. The molecule has 3 heterocycles. The molecule has 0 aliphatic carbocycles. The standard InChI is InChI=1S/C30H35F2N7O4/c1-42-26-14-22-25(15-27(26)43-13-3-9-38-10-6-20(7-11-38)8-12-40)33-19-34-30(22)36-21-16-35-39(17-21)18-28(41)37-24-5-2-4-23(31)29(24)32/h2,4-5,14-17,19-20,40H,3,6-13,18H2,1H3,(H,37,41)(H,33,34,36). The first-order valence-corrected chi connectivity index (χ1v) is 14.3. The van der Waals surface area contributed by atoms with Crippen LogP contribution in [-0.4, -0.2) is 75.6 Å². The number of aliphatic hydroxyl groups is 1. The van der Waals surface area contributed by atoms with Crippen LogP contribution in [0.15, 0.2) is 49.1 Å². The molecule has 0 saturated carbocycles. The number of fused-ring (bicyclic) bond motifs is 1. The zero-order valence-electron chi connectivity index (χ0n) is 23.9. The van der Waals surface area contributed by atoms with Gasteiger partial charge in [-0.25, -0.2) is 18.7 Å². The molecule has 0 bridgehead atoms. The van der Waals surface area contributed by atoms with Gasteiger partial charge in [0, 0.05) is 30.8 Å². The number of hydrogen-bond acceptors (Lipinski definition) is 9. The molecular formula is C30H35F2N7O4. The molecule has 2 aromatic carbocycles. The maximum absolute atomic E-state index is 13.9. The summed E-state index contributed by atoms with van der Waals surface area (Å²) in [5.74, 6) is -0.454. The largest absolute Gasteiger partial charge is 0.493 e. The predicted molar refractivity (Wildman–Crippen MR) is 158 cm³/mol. The first-order chi connectivity index (χ1) is 20.9. The molecule has 13 heteroatoms. The molecular weight excluding hydrogens is 560 g/mol. The van der Waals surface area contributed by atoms with Crippen molar-refractivity contribution in [3.63, 3.8) is 0 Å². The van der Waals surface area contributed by atoms with Crippen LogP contribution in [0.2, 0.25) is 0 Å². The molecule has 228 valence electrons. The second kappa shape index (κ2) is 14.2. The van der Waals surface area contributed by atoms with Gasteiger partial charge in [0.15, 0.2) is 23.1 Å². The number of piperidine rings is 1. The van der Waals surface area contributed by atoms with Gasteiger partial charge in [0.25, 0.3) is 0 Å². The number of anilines is 3. The number of carbonyl (C=O) groups is 1. The lowest BCUT2D eigenvalue weighted by molar-refractivity contribution is -0.116. The van der Waals surface area contributed by atoms with Gasteiger partial charge < -0.3 is 30.1 Å². The quantitative estimate of drug-likeness (QED) is 0.193. The second-order valence-electron chi connectivity index (χ2n) is 10.4. The number of nitrogens with one attached hydrogen (secondary N) is 2. The Balaban J connectivity index is 1.18. The Morgan fingerprint density at radius 1 is 1.16 bits per heavy atom. The van der Waals surface area contributed by atoms with Gasteiger partial charge in [0.05, 0.1) is 36.8 Å². The minimum Gasteiger partial charge on any atom is -0.493 e. The zero-order valence-corrected chi connectivity index (χ0v) is 23.9. The smallest absolute Gasteiger partial charge is 0.246 e. The fourth-order valence-corrected chi connectivity index (χ4v) is 5.18. The molecule has 0 unspecified atom stereocenters. The van der Waals surface area contributed by atoms with E-state index in [0.717, 1.165) is 51.4 Å². The van der Waals surface area contributed by atoms with Gasteiger partial charge in [-0.15, -0.1) is 0 Å². The van der Waals surface area contributed by atoms with Gasteiger partial charge in [-0.2, -0.15) is 5.10 Å². The van der Waals surface area contributed by atoms with Crippen LogP contribution in [0.1, 0.15) is 25.7 Å². The number of aliphatic hydroxyl groups excluding tert-OH is 1. The molecule has 1 amide bonds. The number of methoxy groups -OCH3 is 1. The van der Waals surface area contributed by atoms with Crippen molar-refractivity contribution < 1.29 is 28.2 Å². The van der Waals surface area contributed by atoms with E-state index in [-0.39, 0.29) is 18.8 Å². The van der Waals surface area contributed by atoms with E-state index >= 15 is 0 Å². The first kappa shape index (κ1) is 30.1. The molecule has 11 nitrogen and oxygen atoms in total. The average molecular weight is 596 g/mol. The van der Waals surface area contributed by atoms with E-state index in [2.05, 4.69) is 30.6 Å². The lowest BCUT2D eigenvalue weighted by Gasteiger charge is -2.31. The minimum absolute atomic E-state index is 0.210. The van der Waals surface area contributed by atoms with Crippen LogP contribution in [0.5, 0.6) is 11.5 Å². The Labute approximate surface area is 247 Å². The molecule has 0 spiro atoms. The number of ether oxygens (including phenoxy) is 2. The molecule has 1 aliphatic rings. The van der Waals surface area contributed by atoms with E-state index < -0.39 is 17.5 Å². The summed E-state index contributed by atoms with van der Waals surface area (Å²) in [6.45, 7) is 3.65. The number of hydrogen-bond donors (Lipinski definition) is 3. The predicted octanol–water partition coefficient (Wildman–Crippen LogP) is 4.36. The van der Waals surface area contributed by atoms with Gasteiger partial charge in [0.1, 0.15) is 18.7 Å². The molecule has 0 radical (unpaired) electrons. The van der Waals surface area contributed by atoms with Gasteiger partial charge in [-0.1, -0.05) is 6.07 Å². The number of aromatic nitrogens is 4. The summed E-state index contributed by atoms with van der Waals surface area (Å²) in [6, 6.07) is 7.20. The van der Waals surface area contributed by atoms with Crippen molar-refractivity contribution in [1.29, 1.82) is 0 Å². The van der Waals surface area contributed by atoms with Crippen LogP contribution in [0.4, 0.5) is 26.0 Å². The van der Waals surface area contributed by atoms with E-state index in [1.165, 1.54) is 29.3 Å². The Hall–Kier alpha value is -4.36. The highest BCUT2D eigenvalue weighted by atomic mass is 19.2. The van der Waals surface area contributed by atoms with E-state index in [0.29, 0.717) is 46.4 Å². The monoisotopic (exact) mass is 595 g/mol. The summed E-state index contributed by atoms with van der Waals surface area (Å²) in [7, 11) is 1.58. The second-order valence-corrected chi connectivity index (χ2v) is 10.4. The van der Waals surface area contributed by atoms with E-state index in [4.69, 9.17) is 14.6 Å². The summed E-state index contributed by atoms with van der Waals surface area (Å²) in [5.41, 5.74) is 0.975. The summed E-state index contributed by atoms with van der Waals surface area (Å²) in [4.78, 5) is 23.6. The number of carbonyl (C=O) groups excluding carboxylic acids is 1. The van der Waals surface area contributed by atoms with Crippen LogP contribution < -0.4 is 20.1 Å². The third kappa shape index (κ3) is 7.73. The topological polar surface area (TPSA) is 127 Å². The minimum atomic E-state index is -1.12. The van der Waals surface area contributed by atoms with Crippen molar-refractivity contribution >= 4 is 34.0 Å². The number of amides is 1. The van der Waals surface area contributed by atoms with Crippen LogP contribution in [0.3, 0.4) is 0 Å². The molecule has 1 fully saturated rings. The number of benzene rings is 2. The zero-order chi connectivity index (χ0) is 30.2. The molecule has 2 aromatic heterocycles. The summed E-state index contributed by atoms with van der Waals surface area (Å²) in [5, 5.41) is 19.6. The highest BCUT2D eigenvalue weighted by molar-refractivity contribution is 5.93. The van der Waals surface area contributed by atoms with Gasteiger partial charge in [-0.05, 0) is 62.9 Å². The maximum Gasteiger partial charge on any atom is 0.246 e. The molecule has 1 aliphatic heterocycles. The lowest BCUT2D eigenvalue weighted by Crippen LogP contribution is -2.35. The normalized spacial score (nSPS) is 14.1. The van der Waals surface area contributed by atoms with Crippen LogP contribution in [0, 0.1) is 17.6 Å². The Morgan fingerprint density at radius 3 is 2.79 bits per heavy atom. The molecule has 1 saturated heterocycles. The number of rotatable bonds is 13. The summed E-state index contributed by atoms with van der Waals surface area (Å²) >= 11 is 0. The maximum atomic E-state index is 13.9. The fraction of sp³-hybridized carbons (Fsp3) is 0.400. The summed E-state index contributed by atoms with van der Waals surface area (Å²) in [6.07, 6.45) is 8.58. The van der Waals surface area contributed by atoms with Crippen molar-refractivity contribution in [2.24, 2.45) is 5.92 Å². The van der Waals surface area contributed by atoms with Crippen molar-refractivity contribution in [3.05, 3.63) is 60.7 Å². The molecule has 0 atom stereocenters. The van der Waals surface area contributed by atoms with Crippen molar-refractivity contribution in [2.75, 3.05) is 50.6 Å². The molecule has 5 rings (SSSR count). The van der Waals surface area contributed by atoms with E-state index in [1.54, 1.807) is 13.3 Å². The Bertz CT molecular complexity index is 1540.